The minimum Gasteiger partial charge on any atom is -0.507 e. The molecule has 0 atom stereocenters. The zero-order valence-electron chi connectivity index (χ0n) is 7.89. The van der Waals surface area contributed by atoms with Crippen molar-refractivity contribution < 1.29 is 5.11 Å². The summed E-state index contributed by atoms with van der Waals surface area (Å²) >= 11 is 3.36. The summed E-state index contributed by atoms with van der Waals surface area (Å²) in [5.41, 5.74) is 3.92. The Labute approximate surface area is 87.2 Å². The summed E-state index contributed by atoms with van der Waals surface area (Å²) in [6.45, 7) is 7.72. The van der Waals surface area contributed by atoms with Crippen LogP contribution in [-0.2, 0) is 0 Å². The number of hydrogen-bond acceptors (Lipinski definition) is 1. The van der Waals surface area contributed by atoms with Crippen molar-refractivity contribution in [1.82, 2.24) is 0 Å². The molecule has 1 nitrogen and oxygen atoms in total. The fraction of sp³-hybridized carbons (Fsp3) is 0.273. The molecule has 1 aromatic carbocycles. The number of hydrogen-bond donors (Lipinski definition) is 1. The lowest BCUT2D eigenvalue weighted by Crippen LogP contribution is -1.88. The van der Waals surface area contributed by atoms with E-state index >= 15 is 0 Å². The lowest BCUT2D eigenvalue weighted by atomic mass is 10.0. The quantitative estimate of drug-likeness (QED) is 0.786. The van der Waals surface area contributed by atoms with Gasteiger partial charge in [0.25, 0.3) is 0 Å². The average molecular weight is 241 g/mol. The normalized spacial score (nSPS) is 10.1. The number of allylic oxidation sites excluding steroid dienone is 1. The Morgan fingerprint density at radius 2 is 1.85 bits per heavy atom. The molecule has 0 amide bonds. The Morgan fingerprint density at radius 3 is 2.23 bits per heavy atom. The molecule has 0 spiro atoms. The van der Waals surface area contributed by atoms with Gasteiger partial charge in [0.2, 0.25) is 0 Å². The summed E-state index contributed by atoms with van der Waals surface area (Å²) in [6, 6.07) is 3.90. The molecule has 0 unspecified atom stereocenters. The predicted octanol–water partition coefficient (Wildman–Crippen LogP) is 3.42. The molecule has 0 aromatic heterocycles. The van der Waals surface area contributed by atoms with Gasteiger partial charge in [-0.2, -0.15) is 0 Å². The van der Waals surface area contributed by atoms with Crippen molar-refractivity contribution in [2.75, 3.05) is 5.33 Å². The molecule has 0 aliphatic heterocycles. The van der Waals surface area contributed by atoms with Gasteiger partial charge in [0.15, 0.2) is 0 Å². The first-order chi connectivity index (χ1) is 6.06. The number of rotatable bonds is 2. The second-order valence-corrected chi connectivity index (χ2v) is 3.76. The third kappa shape index (κ3) is 2.13. The number of halogens is 1. The van der Waals surface area contributed by atoms with Gasteiger partial charge in [-0.15, -0.1) is 0 Å². The number of aromatic hydroxyl groups is 1. The van der Waals surface area contributed by atoms with Crippen LogP contribution in [0.25, 0.3) is 5.57 Å². The smallest absolute Gasteiger partial charge is 0.121 e. The van der Waals surface area contributed by atoms with Gasteiger partial charge >= 0.3 is 0 Å². The number of phenols is 1. The Kier molecular flexibility index (Phi) is 3.15. The molecule has 0 fully saturated rings. The van der Waals surface area contributed by atoms with Crippen LogP contribution in [0.4, 0.5) is 0 Å². The van der Waals surface area contributed by atoms with Crippen LogP contribution in [0.5, 0.6) is 5.75 Å². The predicted molar refractivity (Wildman–Crippen MR) is 60.4 cm³/mol. The van der Waals surface area contributed by atoms with Crippen molar-refractivity contribution in [1.29, 1.82) is 0 Å². The molecule has 0 saturated carbocycles. The topological polar surface area (TPSA) is 20.2 Å². The van der Waals surface area contributed by atoms with Crippen molar-refractivity contribution >= 4 is 21.5 Å². The molecule has 0 heterocycles. The van der Waals surface area contributed by atoms with Crippen LogP contribution in [-0.4, -0.2) is 10.4 Å². The van der Waals surface area contributed by atoms with E-state index in [-0.39, 0.29) is 0 Å². The minimum absolute atomic E-state index is 0.381. The highest BCUT2D eigenvalue weighted by molar-refractivity contribution is 9.09. The van der Waals surface area contributed by atoms with Crippen LogP contribution in [0.15, 0.2) is 18.7 Å². The van der Waals surface area contributed by atoms with Gasteiger partial charge in [-0.3, -0.25) is 0 Å². The molecule has 0 saturated heterocycles. The first-order valence-corrected chi connectivity index (χ1v) is 5.22. The van der Waals surface area contributed by atoms with Gasteiger partial charge in [0.1, 0.15) is 5.75 Å². The van der Waals surface area contributed by atoms with E-state index < -0.39 is 0 Å². The third-order valence-corrected chi connectivity index (χ3v) is 2.74. The van der Waals surface area contributed by atoms with Gasteiger partial charge in [0, 0.05) is 5.33 Å². The van der Waals surface area contributed by atoms with Crippen LogP contribution in [0, 0.1) is 13.8 Å². The molecule has 0 bridgehead atoms. The SMILES string of the molecule is C=C(CBr)c1cc(C)c(O)c(C)c1. The summed E-state index contributed by atoms with van der Waals surface area (Å²) in [5, 5.41) is 10.3. The van der Waals surface area contributed by atoms with E-state index in [0.717, 1.165) is 27.6 Å². The van der Waals surface area contributed by atoms with Gasteiger partial charge < -0.3 is 5.11 Å². The second kappa shape index (κ2) is 3.97. The molecule has 0 aliphatic rings. The maximum Gasteiger partial charge on any atom is 0.121 e. The van der Waals surface area contributed by atoms with E-state index in [2.05, 4.69) is 22.5 Å². The zero-order chi connectivity index (χ0) is 10.0. The van der Waals surface area contributed by atoms with Gasteiger partial charge in [-0.25, -0.2) is 0 Å². The van der Waals surface area contributed by atoms with Crippen LogP contribution >= 0.6 is 15.9 Å². The fourth-order valence-corrected chi connectivity index (χ4v) is 1.56. The summed E-state index contributed by atoms with van der Waals surface area (Å²) < 4.78 is 0. The summed E-state index contributed by atoms with van der Waals surface area (Å²) in [7, 11) is 0. The van der Waals surface area contributed by atoms with Crippen molar-refractivity contribution in [3.05, 3.63) is 35.4 Å². The van der Waals surface area contributed by atoms with Crippen LogP contribution in [0.3, 0.4) is 0 Å². The fourth-order valence-electron chi connectivity index (χ4n) is 1.24. The Morgan fingerprint density at radius 1 is 1.38 bits per heavy atom. The van der Waals surface area contributed by atoms with Crippen LogP contribution < -0.4 is 0 Å². The van der Waals surface area contributed by atoms with Crippen molar-refractivity contribution in [2.24, 2.45) is 0 Å². The molecular weight excluding hydrogens is 228 g/mol. The van der Waals surface area contributed by atoms with Gasteiger partial charge in [-0.05, 0) is 48.2 Å². The highest BCUT2D eigenvalue weighted by atomic mass is 79.9. The largest absolute Gasteiger partial charge is 0.507 e. The van der Waals surface area contributed by atoms with Gasteiger partial charge in [0.05, 0.1) is 0 Å². The molecule has 1 N–H and O–H groups in total. The Hall–Kier alpha value is -0.760. The van der Waals surface area contributed by atoms with Crippen LogP contribution in [0.1, 0.15) is 16.7 Å². The monoisotopic (exact) mass is 240 g/mol. The molecule has 2 heteroatoms. The highest BCUT2D eigenvalue weighted by Gasteiger charge is 2.04. The number of aryl methyl sites for hydroxylation is 2. The van der Waals surface area contributed by atoms with E-state index in [0.29, 0.717) is 5.75 Å². The van der Waals surface area contributed by atoms with E-state index in [9.17, 15) is 5.11 Å². The summed E-state index contributed by atoms with van der Waals surface area (Å²) in [4.78, 5) is 0. The Bertz CT molecular complexity index is 319. The first-order valence-electron chi connectivity index (χ1n) is 4.10. The van der Waals surface area contributed by atoms with Crippen molar-refractivity contribution in [3.63, 3.8) is 0 Å². The molecule has 0 aliphatic carbocycles. The molecule has 1 aromatic rings. The number of alkyl halides is 1. The molecule has 1 rings (SSSR count). The van der Waals surface area contributed by atoms with Crippen LogP contribution in [0.2, 0.25) is 0 Å². The highest BCUT2D eigenvalue weighted by Crippen LogP contribution is 2.26. The average Bonchev–Trinajstić information content (AvgIpc) is 2.12. The first kappa shape index (κ1) is 10.3. The van der Waals surface area contributed by atoms with E-state index in [1.807, 2.05) is 26.0 Å². The Balaban J connectivity index is 3.20. The number of phenolic OH excluding ortho intramolecular Hbond substituents is 1. The second-order valence-electron chi connectivity index (χ2n) is 3.20. The molecule has 13 heavy (non-hydrogen) atoms. The van der Waals surface area contributed by atoms with Gasteiger partial charge in [-0.1, -0.05) is 22.5 Å². The molecular formula is C11H13BrO. The molecule has 70 valence electrons. The maximum absolute atomic E-state index is 9.54. The lowest BCUT2D eigenvalue weighted by Gasteiger charge is -2.08. The standard InChI is InChI=1S/C11H13BrO/c1-7-4-10(9(3)6-12)5-8(2)11(7)13/h4-5,13H,3,6H2,1-2H3. The van der Waals surface area contributed by atoms with E-state index in [4.69, 9.17) is 0 Å². The van der Waals surface area contributed by atoms with E-state index in [1.54, 1.807) is 0 Å². The zero-order valence-corrected chi connectivity index (χ0v) is 9.48. The summed E-state index contributed by atoms with van der Waals surface area (Å²) in [5.74, 6) is 0.381. The number of benzene rings is 1. The third-order valence-electron chi connectivity index (χ3n) is 2.06. The minimum atomic E-state index is 0.381. The van der Waals surface area contributed by atoms with Crippen molar-refractivity contribution in [3.8, 4) is 5.75 Å². The maximum atomic E-state index is 9.54. The van der Waals surface area contributed by atoms with E-state index in [1.165, 1.54) is 0 Å². The molecule has 0 radical (unpaired) electrons. The van der Waals surface area contributed by atoms with Crippen molar-refractivity contribution in [2.45, 2.75) is 13.8 Å². The summed E-state index contributed by atoms with van der Waals surface area (Å²) in [6.07, 6.45) is 0. The lowest BCUT2D eigenvalue weighted by molar-refractivity contribution is 0.467.